The Morgan fingerprint density at radius 3 is 3.23 bits per heavy atom. The molecule has 1 N–H and O–H groups in total. The zero-order chi connectivity index (χ0) is 9.52. The molecule has 0 aromatic carbocycles. The molecule has 1 amide bonds. The average Bonchev–Trinajstić information content (AvgIpc) is 2.19. The van der Waals surface area contributed by atoms with Crippen molar-refractivity contribution in [1.29, 1.82) is 0 Å². The largest absolute Gasteiger partial charge is 0.293 e. The average molecular weight is 177 g/mol. The van der Waals surface area contributed by atoms with E-state index in [-0.39, 0.29) is 12.3 Å². The summed E-state index contributed by atoms with van der Waals surface area (Å²) in [7, 11) is 0. The van der Waals surface area contributed by atoms with Crippen molar-refractivity contribution in [2.45, 2.75) is 0 Å². The fraction of sp³-hybridized carbons (Fsp3) is 0.125. The number of amides is 1. The van der Waals surface area contributed by atoms with Crippen LogP contribution >= 0.6 is 0 Å². The molecule has 1 heterocycles. The van der Waals surface area contributed by atoms with Crippen LogP contribution in [0.1, 0.15) is 10.5 Å². The van der Waals surface area contributed by atoms with E-state index in [1.807, 2.05) is 0 Å². The molecule has 0 aliphatic heterocycles. The van der Waals surface area contributed by atoms with Gasteiger partial charge >= 0.3 is 0 Å². The summed E-state index contributed by atoms with van der Waals surface area (Å²) < 4.78 is 0. The number of terminal acetylenes is 1. The zero-order valence-electron chi connectivity index (χ0n) is 6.73. The van der Waals surface area contributed by atoms with E-state index in [9.17, 15) is 4.79 Å². The SMILES string of the molecule is C#CCONC(=O)c1ccncn1. The Hall–Kier alpha value is -1.93. The van der Waals surface area contributed by atoms with Gasteiger partial charge in [0.15, 0.2) is 0 Å². The van der Waals surface area contributed by atoms with Gasteiger partial charge in [-0.3, -0.25) is 9.63 Å². The molecular formula is C8H7N3O2. The van der Waals surface area contributed by atoms with Crippen LogP contribution < -0.4 is 5.48 Å². The second kappa shape index (κ2) is 4.85. The molecule has 0 bridgehead atoms. The first-order valence-corrected chi connectivity index (χ1v) is 3.46. The number of rotatable bonds is 3. The lowest BCUT2D eigenvalue weighted by molar-refractivity contribution is 0.0433. The number of hydrogen-bond acceptors (Lipinski definition) is 4. The molecule has 13 heavy (non-hydrogen) atoms. The summed E-state index contributed by atoms with van der Waals surface area (Å²) in [4.78, 5) is 23.1. The van der Waals surface area contributed by atoms with Gasteiger partial charge in [-0.25, -0.2) is 15.4 Å². The van der Waals surface area contributed by atoms with Crippen LogP contribution in [0.4, 0.5) is 0 Å². The first-order chi connectivity index (χ1) is 6.34. The number of nitrogens with zero attached hydrogens (tertiary/aromatic N) is 2. The second-order valence-corrected chi connectivity index (χ2v) is 2.02. The molecule has 0 saturated heterocycles. The summed E-state index contributed by atoms with van der Waals surface area (Å²) in [5, 5.41) is 0. The van der Waals surface area contributed by atoms with Crippen LogP contribution in [0.5, 0.6) is 0 Å². The lowest BCUT2D eigenvalue weighted by Crippen LogP contribution is -2.24. The van der Waals surface area contributed by atoms with Gasteiger partial charge in [-0.1, -0.05) is 5.92 Å². The van der Waals surface area contributed by atoms with Crippen molar-refractivity contribution in [2.75, 3.05) is 6.61 Å². The molecule has 1 rings (SSSR count). The molecule has 0 atom stereocenters. The van der Waals surface area contributed by atoms with Crippen LogP contribution in [0, 0.1) is 12.3 Å². The number of aromatic nitrogens is 2. The highest BCUT2D eigenvalue weighted by Gasteiger charge is 2.04. The summed E-state index contributed by atoms with van der Waals surface area (Å²) in [6, 6.07) is 1.47. The quantitative estimate of drug-likeness (QED) is 0.393. The van der Waals surface area contributed by atoms with Crippen LogP contribution in [0.25, 0.3) is 0 Å². The summed E-state index contributed by atoms with van der Waals surface area (Å²) >= 11 is 0. The molecule has 1 aromatic heterocycles. The number of hydrogen-bond donors (Lipinski definition) is 1. The molecule has 0 radical (unpaired) electrons. The zero-order valence-corrected chi connectivity index (χ0v) is 6.73. The van der Waals surface area contributed by atoms with Gasteiger partial charge in [0.2, 0.25) is 0 Å². The maximum atomic E-state index is 11.1. The van der Waals surface area contributed by atoms with Crippen molar-refractivity contribution in [1.82, 2.24) is 15.4 Å². The number of nitrogens with one attached hydrogen (secondary N) is 1. The summed E-state index contributed by atoms with van der Waals surface area (Å²) in [6.07, 6.45) is 7.64. The number of carbonyl (C=O) groups is 1. The standard InChI is InChI=1S/C8H7N3O2/c1-2-5-13-11-8(12)7-3-4-9-6-10-7/h1,3-4,6H,5H2,(H,11,12). The van der Waals surface area contributed by atoms with Crippen LogP contribution in [0.2, 0.25) is 0 Å². The molecule has 66 valence electrons. The molecule has 0 fully saturated rings. The number of hydroxylamine groups is 1. The smallest absolute Gasteiger partial charge is 0.265 e. The topological polar surface area (TPSA) is 64.1 Å². The first kappa shape index (κ1) is 9.16. The van der Waals surface area contributed by atoms with Crippen LogP contribution in [-0.2, 0) is 4.84 Å². The van der Waals surface area contributed by atoms with Crippen LogP contribution in [0.3, 0.4) is 0 Å². The Balaban J connectivity index is 2.46. The van der Waals surface area contributed by atoms with E-state index in [0.29, 0.717) is 0 Å². The predicted molar refractivity (Wildman–Crippen MR) is 44.3 cm³/mol. The Kier molecular flexibility index (Phi) is 3.42. The van der Waals surface area contributed by atoms with Crippen LogP contribution in [-0.4, -0.2) is 22.5 Å². The Labute approximate surface area is 75.1 Å². The maximum absolute atomic E-state index is 11.1. The molecule has 0 aliphatic rings. The molecule has 0 unspecified atom stereocenters. The Bertz CT molecular complexity index is 318. The van der Waals surface area contributed by atoms with Gasteiger partial charge < -0.3 is 0 Å². The highest BCUT2D eigenvalue weighted by Crippen LogP contribution is 1.89. The minimum atomic E-state index is -0.447. The Morgan fingerprint density at radius 1 is 1.77 bits per heavy atom. The van der Waals surface area contributed by atoms with Crippen molar-refractivity contribution >= 4 is 5.91 Å². The van der Waals surface area contributed by atoms with Crippen molar-refractivity contribution in [2.24, 2.45) is 0 Å². The van der Waals surface area contributed by atoms with E-state index in [0.717, 1.165) is 0 Å². The minimum Gasteiger partial charge on any atom is -0.265 e. The van der Waals surface area contributed by atoms with E-state index in [1.165, 1.54) is 18.6 Å². The van der Waals surface area contributed by atoms with Crippen LogP contribution in [0.15, 0.2) is 18.6 Å². The monoisotopic (exact) mass is 177 g/mol. The highest BCUT2D eigenvalue weighted by atomic mass is 16.6. The van der Waals surface area contributed by atoms with E-state index in [2.05, 4.69) is 26.2 Å². The first-order valence-electron chi connectivity index (χ1n) is 3.46. The molecule has 0 spiro atoms. The lowest BCUT2D eigenvalue weighted by atomic mass is 10.4. The van der Waals surface area contributed by atoms with Gasteiger partial charge in [-0.2, -0.15) is 0 Å². The van der Waals surface area contributed by atoms with Gasteiger partial charge in [0.25, 0.3) is 5.91 Å². The van der Waals surface area contributed by atoms with Gasteiger partial charge in [-0.15, -0.1) is 6.42 Å². The maximum Gasteiger partial charge on any atom is 0.293 e. The molecule has 5 nitrogen and oxygen atoms in total. The van der Waals surface area contributed by atoms with Gasteiger partial charge in [0.1, 0.15) is 18.6 Å². The van der Waals surface area contributed by atoms with E-state index >= 15 is 0 Å². The van der Waals surface area contributed by atoms with Gasteiger partial charge in [0.05, 0.1) is 0 Å². The highest BCUT2D eigenvalue weighted by molar-refractivity contribution is 5.91. The third-order valence-corrected chi connectivity index (χ3v) is 1.13. The van der Waals surface area contributed by atoms with Gasteiger partial charge in [0, 0.05) is 6.20 Å². The van der Waals surface area contributed by atoms with Gasteiger partial charge in [-0.05, 0) is 6.07 Å². The molecule has 5 heteroatoms. The Morgan fingerprint density at radius 2 is 2.62 bits per heavy atom. The van der Waals surface area contributed by atoms with Crippen molar-refractivity contribution in [3.8, 4) is 12.3 Å². The third-order valence-electron chi connectivity index (χ3n) is 1.13. The van der Waals surface area contributed by atoms with E-state index < -0.39 is 5.91 Å². The van der Waals surface area contributed by atoms with E-state index in [1.54, 1.807) is 0 Å². The molecular weight excluding hydrogens is 170 g/mol. The van der Waals surface area contributed by atoms with E-state index in [4.69, 9.17) is 6.42 Å². The number of carbonyl (C=O) groups excluding carboxylic acids is 1. The summed E-state index contributed by atoms with van der Waals surface area (Å²) in [5.41, 5.74) is 2.36. The minimum absolute atomic E-state index is 0.0246. The fourth-order valence-electron chi connectivity index (χ4n) is 0.621. The summed E-state index contributed by atoms with van der Waals surface area (Å²) in [6.45, 7) is 0.0246. The lowest BCUT2D eigenvalue weighted by Gasteiger charge is -2.00. The predicted octanol–water partition coefficient (Wildman–Crippen LogP) is -0.229. The van der Waals surface area contributed by atoms with Crippen molar-refractivity contribution < 1.29 is 9.63 Å². The third kappa shape index (κ3) is 2.89. The molecule has 1 aromatic rings. The van der Waals surface area contributed by atoms with Crippen molar-refractivity contribution in [3.63, 3.8) is 0 Å². The molecule has 0 saturated carbocycles. The normalized spacial score (nSPS) is 8.85. The van der Waals surface area contributed by atoms with Crippen molar-refractivity contribution in [3.05, 3.63) is 24.3 Å². The second-order valence-electron chi connectivity index (χ2n) is 2.02. The summed E-state index contributed by atoms with van der Waals surface area (Å²) in [5.74, 6) is 1.76. The molecule has 0 aliphatic carbocycles. The fourth-order valence-corrected chi connectivity index (χ4v) is 0.621.